The average Bonchev–Trinajstić information content (AvgIpc) is 2.51. The molecule has 0 aliphatic rings. The summed E-state index contributed by atoms with van der Waals surface area (Å²) in [6.07, 6.45) is 14.6. The Morgan fingerprint density at radius 2 is 1.17 bits per heavy atom. The van der Waals surface area contributed by atoms with Crippen molar-refractivity contribution in [3.05, 3.63) is 46.6 Å². The van der Waals surface area contributed by atoms with Gasteiger partial charge in [-0.1, -0.05) is 46.6 Å². The second-order valence-electron chi connectivity index (χ2n) is 7.39. The predicted octanol–water partition coefficient (Wildman–Crippen LogP) is 7.08. The predicted molar refractivity (Wildman–Crippen MR) is 124 cm³/mol. The van der Waals surface area contributed by atoms with Gasteiger partial charge in [-0.05, 0) is 84.5 Å². The topological polar surface area (TPSA) is 104 Å². The second kappa shape index (κ2) is 14.6. The van der Waals surface area contributed by atoms with Gasteiger partial charge in [-0.2, -0.15) is 4.31 Å². The molecular formula is C20H36O6P2S. The zero-order chi connectivity index (χ0) is 22.5. The van der Waals surface area contributed by atoms with Gasteiger partial charge in [0.15, 0.2) is 0 Å². The van der Waals surface area contributed by atoms with Crippen LogP contribution in [-0.4, -0.2) is 20.4 Å². The van der Waals surface area contributed by atoms with E-state index in [2.05, 4.69) is 50.2 Å². The summed E-state index contributed by atoms with van der Waals surface area (Å²) in [5.74, 6) is 0.152. The molecule has 0 saturated heterocycles. The van der Waals surface area contributed by atoms with Crippen LogP contribution in [0.25, 0.3) is 0 Å². The molecule has 0 aromatic heterocycles. The first-order chi connectivity index (χ1) is 13.3. The summed E-state index contributed by atoms with van der Waals surface area (Å²) < 4.78 is 26.0. The van der Waals surface area contributed by atoms with Gasteiger partial charge in [0.25, 0.3) is 0 Å². The summed E-state index contributed by atoms with van der Waals surface area (Å²) >= 11 is 0.489. The lowest BCUT2D eigenvalue weighted by molar-refractivity contribution is 0.270. The number of phosphoric acid groups is 1. The smallest absolute Gasteiger partial charge is 0.316 e. The van der Waals surface area contributed by atoms with Gasteiger partial charge in [0.05, 0.1) is 0 Å². The van der Waals surface area contributed by atoms with Gasteiger partial charge in [0, 0.05) is 5.75 Å². The summed E-state index contributed by atoms with van der Waals surface area (Å²) in [5.41, 5.74) is 5.18. The van der Waals surface area contributed by atoms with Crippen molar-refractivity contribution in [2.45, 2.75) is 73.1 Å². The Kier molecular flexibility index (Phi) is 14.4. The molecule has 0 amide bonds. The monoisotopic (exact) mass is 466 g/mol. The third kappa shape index (κ3) is 19.3. The van der Waals surface area contributed by atoms with Crippen LogP contribution >= 0.6 is 26.0 Å². The van der Waals surface area contributed by atoms with Crippen LogP contribution in [0, 0.1) is 0 Å². The van der Waals surface area contributed by atoms with E-state index in [4.69, 9.17) is 9.79 Å². The SMILES string of the molecule is CC(C)=CCC/C(C)=C/CC/C(C)=C\CC/C(C)=C/CSP(=O)(O)OP(=O)(O)O. The largest absolute Gasteiger partial charge is 0.477 e. The molecule has 0 aromatic rings. The van der Waals surface area contributed by atoms with Crippen LogP contribution in [0.1, 0.15) is 73.1 Å². The Bertz CT molecular complexity index is 714. The maximum Gasteiger partial charge on any atom is 0.477 e. The zero-order valence-electron chi connectivity index (χ0n) is 18.1. The van der Waals surface area contributed by atoms with Crippen LogP contribution in [0.5, 0.6) is 0 Å². The van der Waals surface area contributed by atoms with E-state index >= 15 is 0 Å². The van der Waals surface area contributed by atoms with Gasteiger partial charge in [-0.25, -0.2) is 9.13 Å². The Balaban J connectivity index is 4.20. The minimum atomic E-state index is -4.97. The molecule has 0 saturated carbocycles. The lowest BCUT2D eigenvalue weighted by atomic mass is 10.0. The normalized spacial score (nSPS) is 15.9. The molecule has 9 heteroatoms. The summed E-state index contributed by atoms with van der Waals surface area (Å²) in [6, 6.07) is 0. The molecule has 1 atom stereocenters. The van der Waals surface area contributed by atoms with Crippen molar-refractivity contribution in [1.29, 1.82) is 0 Å². The van der Waals surface area contributed by atoms with Crippen LogP contribution in [0.3, 0.4) is 0 Å². The van der Waals surface area contributed by atoms with Gasteiger partial charge in [0.2, 0.25) is 0 Å². The third-order valence-electron chi connectivity index (χ3n) is 4.03. The summed E-state index contributed by atoms with van der Waals surface area (Å²) in [7, 11) is -4.97. The summed E-state index contributed by atoms with van der Waals surface area (Å²) in [5, 5.41) is 0. The maximum atomic E-state index is 11.5. The fraction of sp³-hybridized carbons (Fsp3) is 0.600. The van der Waals surface area contributed by atoms with Gasteiger partial charge in [0.1, 0.15) is 0 Å². The van der Waals surface area contributed by atoms with Crippen LogP contribution in [0.4, 0.5) is 0 Å². The van der Waals surface area contributed by atoms with Crippen LogP contribution in [-0.2, 0) is 13.4 Å². The molecule has 0 aliphatic carbocycles. The van der Waals surface area contributed by atoms with Crippen molar-refractivity contribution < 1.29 is 28.1 Å². The van der Waals surface area contributed by atoms with E-state index in [-0.39, 0.29) is 5.75 Å². The molecule has 0 bridgehead atoms. The number of hydrogen-bond acceptors (Lipinski definition) is 4. The Morgan fingerprint density at radius 1 is 0.759 bits per heavy atom. The molecule has 0 spiro atoms. The van der Waals surface area contributed by atoms with E-state index in [0.29, 0.717) is 11.4 Å². The number of allylic oxidation sites excluding steroid dienone is 7. The lowest BCUT2D eigenvalue weighted by Gasteiger charge is -2.10. The van der Waals surface area contributed by atoms with E-state index in [0.717, 1.165) is 44.1 Å². The van der Waals surface area contributed by atoms with Gasteiger partial charge in [-0.15, -0.1) is 0 Å². The van der Waals surface area contributed by atoms with Crippen LogP contribution in [0.2, 0.25) is 0 Å². The van der Waals surface area contributed by atoms with Gasteiger partial charge >= 0.3 is 14.6 Å². The lowest BCUT2D eigenvalue weighted by Crippen LogP contribution is -1.86. The van der Waals surface area contributed by atoms with Crippen LogP contribution in [0.15, 0.2) is 46.6 Å². The standard InChI is InChI=1S/C20H36O6P2S/c1-17(2)9-6-10-18(3)11-7-12-19(4)13-8-14-20(5)15-16-29-28(24,25)26-27(21,22)23/h9,11,13,15H,6-8,10,12,14,16H2,1-5H3,(H,24,25)(H2,21,22,23)/b18-11+,19-13-,20-15+. The van der Waals surface area contributed by atoms with E-state index < -0.39 is 14.6 Å². The molecule has 1 unspecified atom stereocenters. The number of rotatable bonds is 14. The van der Waals surface area contributed by atoms with Gasteiger partial charge in [-0.3, -0.25) is 0 Å². The minimum Gasteiger partial charge on any atom is -0.316 e. The fourth-order valence-electron chi connectivity index (χ4n) is 2.42. The molecule has 0 aliphatic heterocycles. The van der Waals surface area contributed by atoms with E-state index in [1.807, 2.05) is 6.92 Å². The van der Waals surface area contributed by atoms with E-state index in [9.17, 15) is 14.0 Å². The average molecular weight is 467 g/mol. The molecule has 168 valence electrons. The third-order valence-corrected chi connectivity index (χ3v) is 8.38. The second-order valence-corrected chi connectivity index (χ2v) is 12.7. The highest BCUT2D eigenvalue weighted by atomic mass is 32.7. The van der Waals surface area contributed by atoms with Crippen molar-refractivity contribution in [2.24, 2.45) is 0 Å². The molecule has 0 radical (unpaired) electrons. The molecule has 0 rings (SSSR count). The highest BCUT2D eigenvalue weighted by molar-refractivity contribution is 8.55. The highest BCUT2D eigenvalue weighted by Crippen LogP contribution is 2.64. The highest BCUT2D eigenvalue weighted by Gasteiger charge is 2.30. The fourth-order valence-corrected chi connectivity index (χ4v) is 6.22. The first kappa shape index (κ1) is 28.6. The number of hydrogen-bond donors (Lipinski definition) is 3. The van der Waals surface area contributed by atoms with Crippen LogP contribution < -0.4 is 0 Å². The first-order valence-corrected chi connectivity index (χ1v) is 14.3. The molecule has 29 heavy (non-hydrogen) atoms. The molecule has 0 aromatic carbocycles. The molecule has 6 nitrogen and oxygen atoms in total. The molecule has 0 heterocycles. The van der Waals surface area contributed by atoms with Crippen molar-refractivity contribution in [1.82, 2.24) is 0 Å². The molecule has 0 fully saturated rings. The minimum absolute atomic E-state index is 0.152. The zero-order valence-corrected chi connectivity index (χ0v) is 20.7. The van der Waals surface area contributed by atoms with Crippen molar-refractivity contribution in [2.75, 3.05) is 5.75 Å². The van der Waals surface area contributed by atoms with E-state index in [1.165, 1.54) is 16.7 Å². The quantitative estimate of drug-likeness (QED) is 0.186. The van der Waals surface area contributed by atoms with Crippen molar-refractivity contribution in [3.8, 4) is 0 Å². The maximum absolute atomic E-state index is 11.5. The van der Waals surface area contributed by atoms with Crippen molar-refractivity contribution in [3.63, 3.8) is 0 Å². The van der Waals surface area contributed by atoms with Gasteiger partial charge < -0.3 is 14.7 Å². The van der Waals surface area contributed by atoms with E-state index in [1.54, 1.807) is 6.08 Å². The Hall–Kier alpha value is -0.390. The van der Waals surface area contributed by atoms with Crippen molar-refractivity contribution >= 4 is 26.0 Å². The summed E-state index contributed by atoms with van der Waals surface area (Å²) in [4.78, 5) is 26.6. The Morgan fingerprint density at radius 3 is 1.59 bits per heavy atom. The molecule has 3 N–H and O–H groups in total. The summed E-state index contributed by atoms with van der Waals surface area (Å²) in [6.45, 7) is 6.12. The molecular weight excluding hydrogens is 430 g/mol. The first-order valence-electron chi connectivity index (χ1n) is 9.65. The Labute approximate surface area is 179 Å².